The Labute approximate surface area is 211 Å². The highest BCUT2D eigenvalue weighted by molar-refractivity contribution is 8.18. The number of hydrogen-bond donors (Lipinski definition) is 2. The third-order valence-electron chi connectivity index (χ3n) is 5.73. The maximum absolute atomic E-state index is 13.0. The Morgan fingerprint density at radius 2 is 1.46 bits per heavy atom. The Morgan fingerprint density at radius 3 is 1.94 bits per heavy atom. The first kappa shape index (κ1) is 26.5. The molecule has 0 radical (unpaired) electrons. The van der Waals surface area contributed by atoms with Crippen LogP contribution in [-0.2, 0) is 20.4 Å². The average Bonchev–Trinajstić information content (AvgIpc) is 2.94. The van der Waals surface area contributed by atoms with Crippen molar-refractivity contribution in [3.63, 3.8) is 0 Å². The van der Waals surface area contributed by atoms with E-state index in [9.17, 15) is 19.5 Å². The van der Waals surface area contributed by atoms with Gasteiger partial charge in [0.1, 0.15) is 12.3 Å². The number of aromatic hydroxyl groups is 1. The first-order valence-electron chi connectivity index (χ1n) is 11.6. The van der Waals surface area contributed by atoms with Crippen molar-refractivity contribution in [3.8, 4) is 5.75 Å². The highest BCUT2D eigenvalue weighted by atomic mass is 32.2. The number of phenols is 1. The van der Waals surface area contributed by atoms with E-state index in [0.29, 0.717) is 5.69 Å². The summed E-state index contributed by atoms with van der Waals surface area (Å²) in [5.41, 5.74) is 4.26. The summed E-state index contributed by atoms with van der Waals surface area (Å²) in [7, 11) is 0. The molecule has 2 aromatic carbocycles. The van der Waals surface area contributed by atoms with Gasteiger partial charge < -0.3 is 10.4 Å². The molecule has 0 atom stereocenters. The molecule has 186 valence electrons. The van der Waals surface area contributed by atoms with Gasteiger partial charge in [0.25, 0.3) is 11.1 Å². The molecule has 1 saturated heterocycles. The van der Waals surface area contributed by atoms with Gasteiger partial charge in [0, 0.05) is 16.8 Å². The minimum atomic E-state index is -0.502. The monoisotopic (exact) mass is 494 g/mol. The third-order valence-corrected chi connectivity index (χ3v) is 6.63. The van der Waals surface area contributed by atoms with Crippen LogP contribution in [0, 0.1) is 13.8 Å². The SMILES string of the molecule is Cc1cc(C)cc(NC(=O)CN2C(=O)S/C(=C\c3cc(C(C)(C)C)c(O)c(C(C)(C)C)c3)C2=O)c1. The number of carbonyl (C=O) groups is 3. The number of nitrogens with one attached hydrogen (secondary N) is 1. The predicted octanol–water partition coefficient (Wildman–Crippen LogP) is 6.28. The summed E-state index contributed by atoms with van der Waals surface area (Å²) in [4.78, 5) is 39.4. The molecule has 1 heterocycles. The van der Waals surface area contributed by atoms with E-state index < -0.39 is 17.1 Å². The zero-order valence-electron chi connectivity index (χ0n) is 21.7. The van der Waals surface area contributed by atoms with Gasteiger partial charge in [0.15, 0.2) is 0 Å². The fourth-order valence-corrected chi connectivity index (χ4v) is 4.90. The summed E-state index contributed by atoms with van der Waals surface area (Å²) < 4.78 is 0. The maximum Gasteiger partial charge on any atom is 0.294 e. The molecule has 0 bridgehead atoms. The molecule has 6 nitrogen and oxygen atoms in total. The fourth-order valence-electron chi connectivity index (χ4n) is 4.06. The third kappa shape index (κ3) is 6.14. The lowest BCUT2D eigenvalue weighted by molar-refractivity contribution is -0.127. The average molecular weight is 495 g/mol. The quantitative estimate of drug-likeness (QED) is 0.489. The molecule has 2 aromatic rings. The van der Waals surface area contributed by atoms with Crippen LogP contribution in [0.25, 0.3) is 6.08 Å². The minimum absolute atomic E-state index is 0.248. The second kappa shape index (κ2) is 9.53. The number of hydrogen-bond acceptors (Lipinski definition) is 5. The molecule has 0 spiro atoms. The van der Waals surface area contributed by atoms with Crippen LogP contribution >= 0.6 is 11.8 Å². The van der Waals surface area contributed by atoms with Crippen LogP contribution < -0.4 is 5.32 Å². The van der Waals surface area contributed by atoms with Crippen LogP contribution in [0.4, 0.5) is 10.5 Å². The van der Waals surface area contributed by atoms with Crippen molar-refractivity contribution in [2.75, 3.05) is 11.9 Å². The lowest BCUT2D eigenvalue weighted by atomic mass is 9.78. The zero-order valence-corrected chi connectivity index (χ0v) is 22.5. The van der Waals surface area contributed by atoms with Crippen molar-refractivity contribution in [1.82, 2.24) is 4.90 Å². The van der Waals surface area contributed by atoms with Crippen LogP contribution in [0.2, 0.25) is 0 Å². The summed E-state index contributed by atoms with van der Waals surface area (Å²) in [6.07, 6.45) is 1.66. The van der Waals surface area contributed by atoms with Crippen molar-refractivity contribution in [2.45, 2.75) is 66.2 Å². The molecular weight excluding hydrogens is 460 g/mol. The lowest BCUT2D eigenvalue weighted by Gasteiger charge is -2.28. The van der Waals surface area contributed by atoms with E-state index in [1.54, 1.807) is 6.08 Å². The van der Waals surface area contributed by atoms with Crippen molar-refractivity contribution >= 4 is 40.6 Å². The van der Waals surface area contributed by atoms with Gasteiger partial charge >= 0.3 is 0 Å². The lowest BCUT2D eigenvalue weighted by Crippen LogP contribution is -2.36. The second-order valence-corrected chi connectivity index (χ2v) is 12.2. The van der Waals surface area contributed by atoms with Crippen LogP contribution in [-0.4, -0.2) is 33.6 Å². The van der Waals surface area contributed by atoms with E-state index in [1.807, 2.05) is 85.7 Å². The molecule has 0 aliphatic carbocycles. The highest BCUT2D eigenvalue weighted by Crippen LogP contribution is 2.41. The Kier molecular flexibility index (Phi) is 7.23. The first-order chi connectivity index (χ1) is 16.1. The molecule has 3 amide bonds. The van der Waals surface area contributed by atoms with Gasteiger partial charge in [-0.2, -0.15) is 0 Å². The number of phenolic OH excluding ortho intramolecular Hbond substituents is 1. The molecule has 0 unspecified atom stereocenters. The topological polar surface area (TPSA) is 86.7 Å². The smallest absolute Gasteiger partial charge is 0.294 e. The number of benzene rings is 2. The normalized spacial score (nSPS) is 15.8. The van der Waals surface area contributed by atoms with Gasteiger partial charge in [0.05, 0.1) is 4.91 Å². The number of thioether (sulfide) groups is 1. The number of amides is 3. The molecule has 1 fully saturated rings. The Bertz CT molecular complexity index is 1180. The van der Waals surface area contributed by atoms with Crippen molar-refractivity contribution in [1.29, 1.82) is 0 Å². The van der Waals surface area contributed by atoms with Gasteiger partial charge in [-0.05, 0) is 83.5 Å². The van der Waals surface area contributed by atoms with Gasteiger partial charge in [-0.25, -0.2) is 0 Å². The highest BCUT2D eigenvalue weighted by Gasteiger charge is 2.36. The molecule has 1 aliphatic heterocycles. The van der Waals surface area contributed by atoms with E-state index in [1.165, 1.54) is 0 Å². The maximum atomic E-state index is 13.0. The van der Waals surface area contributed by atoms with Gasteiger partial charge in [-0.1, -0.05) is 47.6 Å². The summed E-state index contributed by atoms with van der Waals surface area (Å²) in [5, 5.41) is 13.2. The number of imide groups is 1. The van der Waals surface area contributed by atoms with Crippen molar-refractivity contribution in [2.24, 2.45) is 0 Å². The molecule has 7 heteroatoms. The number of anilines is 1. The van der Waals surface area contributed by atoms with E-state index in [0.717, 1.165) is 44.5 Å². The number of nitrogens with zero attached hydrogens (tertiary/aromatic N) is 1. The molecular formula is C28H34N2O4S. The molecule has 0 aromatic heterocycles. The van der Waals surface area contributed by atoms with Gasteiger partial charge in [-0.3, -0.25) is 19.3 Å². The summed E-state index contributed by atoms with van der Waals surface area (Å²) in [6.45, 7) is 15.6. The predicted molar refractivity (Wildman–Crippen MR) is 143 cm³/mol. The van der Waals surface area contributed by atoms with E-state index in [4.69, 9.17) is 0 Å². The minimum Gasteiger partial charge on any atom is -0.507 e. The Morgan fingerprint density at radius 1 is 0.943 bits per heavy atom. The van der Waals surface area contributed by atoms with Crippen molar-refractivity contribution < 1.29 is 19.5 Å². The second-order valence-electron chi connectivity index (χ2n) is 11.2. The zero-order chi connectivity index (χ0) is 26.3. The van der Waals surface area contributed by atoms with Crippen LogP contribution in [0.3, 0.4) is 0 Å². The van der Waals surface area contributed by atoms with Gasteiger partial charge in [-0.15, -0.1) is 0 Å². The number of carbonyl (C=O) groups excluding carboxylic acids is 3. The largest absolute Gasteiger partial charge is 0.507 e. The molecule has 2 N–H and O–H groups in total. The summed E-state index contributed by atoms with van der Waals surface area (Å²) in [5.74, 6) is -0.690. The molecule has 35 heavy (non-hydrogen) atoms. The number of aryl methyl sites for hydroxylation is 2. The first-order valence-corrected chi connectivity index (χ1v) is 12.4. The molecule has 0 saturated carbocycles. The van der Waals surface area contributed by atoms with Crippen LogP contribution in [0.1, 0.15) is 69.4 Å². The summed E-state index contributed by atoms with van der Waals surface area (Å²) in [6, 6.07) is 9.37. The van der Waals surface area contributed by atoms with Crippen LogP contribution in [0.5, 0.6) is 5.75 Å². The van der Waals surface area contributed by atoms with Crippen LogP contribution in [0.15, 0.2) is 35.2 Å². The fraction of sp³-hybridized carbons (Fsp3) is 0.393. The molecule has 1 aliphatic rings. The van der Waals surface area contributed by atoms with E-state index in [-0.39, 0.29) is 28.0 Å². The standard InChI is InChI=1S/C28H34N2O4S/c1-16-9-17(2)11-19(10-16)29-23(31)15-30-25(33)22(35-26(30)34)14-18-12-20(27(3,4)5)24(32)21(13-18)28(6,7)8/h9-14,32H,15H2,1-8H3,(H,29,31)/b22-14-. The van der Waals surface area contributed by atoms with E-state index in [2.05, 4.69) is 5.32 Å². The Hall–Kier alpha value is -3.06. The van der Waals surface area contributed by atoms with Crippen molar-refractivity contribution in [3.05, 3.63) is 63.1 Å². The van der Waals surface area contributed by atoms with E-state index >= 15 is 0 Å². The number of rotatable bonds is 4. The summed E-state index contributed by atoms with van der Waals surface area (Å²) >= 11 is 0.817. The van der Waals surface area contributed by atoms with Gasteiger partial charge in [0.2, 0.25) is 5.91 Å². The Balaban J connectivity index is 1.87. The molecule has 3 rings (SSSR count).